The van der Waals surface area contributed by atoms with E-state index in [1.54, 1.807) is 12.1 Å². The molecule has 9 aromatic carbocycles. The Morgan fingerprint density at radius 2 is 1.17 bits per heavy atom. The number of hydrogen-bond donors (Lipinski definition) is 2. The van der Waals surface area contributed by atoms with Crippen molar-refractivity contribution in [1.82, 2.24) is 9.24 Å². The van der Waals surface area contributed by atoms with Gasteiger partial charge in [0, 0.05) is 43.7 Å². The van der Waals surface area contributed by atoms with Crippen molar-refractivity contribution in [3.63, 3.8) is 0 Å². The van der Waals surface area contributed by atoms with E-state index in [2.05, 4.69) is 189 Å². The fourth-order valence-corrected chi connectivity index (χ4v) is 11.3. The van der Waals surface area contributed by atoms with Gasteiger partial charge in [-0.05, 0) is 117 Å². The highest BCUT2D eigenvalue weighted by Gasteiger charge is 2.42. The Bertz CT molecular complexity index is 3850. The molecule has 0 amide bonds. The van der Waals surface area contributed by atoms with Crippen molar-refractivity contribution >= 4 is 66.1 Å². The Hall–Kier alpha value is -8.09. The van der Waals surface area contributed by atoms with Crippen LogP contribution in [0.15, 0.2) is 199 Å². The highest BCUT2D eigenvalue weighted by molar-refractivity contribution is 6.31. The maximum atomic E-state index is 14.4. The quantitative estimate of drug-likeness (QED) is 0.127. The van der Waals surface area contributed by atoms with Crippen LogP contribution in [0.5, 0.6) is 0 Å². The van der Waals surface area contributed by atoms with Crippen LogP contribution in [0.2, 0.25) is 0 Å². The third-order valence-corrected chi connectivity index (χ3v) is 15.2. The van der Waals surface area contributed by atoms with Crippen LogP contribution in [0.1, 0.15) is 63.3 Å². The number of fused-ring (bicyclic) bond motifs is 10. The van der Waals surface area contributed by atoms with Crippen LogP contribution >= 0.6 is 0 Å². The first-order chi connectivity index (χ1) is 33.4. The number of aromatic nitrogens is 2. The summed E-state index contributed by atoms with van der Waals surface area (Å²) < 4.78 is 18.9. The molecule has 0 fully saturated rings. The molecule has 0 bridgehead atoms. The first-order valence-corrected chi connectivity index (χ1v) is 23.9. The summed E-state index contributed by atoms with van der Waals surface area (Å²) in [7, 11) is 0. The summed E-state index contributed by atoms with van der Waals surface area (Å²) in [5.41, 5.74) is 18.3. The molecule has 2 heterocycles. The number of nitrogens with zero attached hydrogens (tertiary/aromatic N) is 3. The Labute approximate surface area is 401 Å². The van der Waals surface area contributed by atoms with Gasteiger partial charge in [-0.25, -0.2) is 9.38 Å². The van der Waals surface area contributed by atoms with Gasteiger partial charge in [-0.3, -0.25) is 15.5 Å². The molecule has 0 saturated carbocycles. The monoisotopic (exact) mass is 897 g/mol. The highest BCUT2D eigenvalue weighted by Crippen LogP contribution is 2.50. The Balaban J connectivity index is 0.968. The first-order valence-electron chi connectivity index (χ1n) is 23.9. The Morgan fingerprint density at radius 3 is 1.91 bits per heavy atom. The summed E-state index contributed by atoms with van der Waals surface area (Å²) in [5, 5.41) is 15.7. The number of benzene rings is 9. The lowest BCUT2D eigenvalue weighted by molar-refractivity contribution is 0.233. The number of para-hydroxylation sites is 1. The summed E-state index contributed by atoms with van der Waals surface area (Å²) in [6.07, 6.45) is 1.18. The van der Waals surface area contributed by atoms with Crippen LogP contribution in [-0.2, 0) is 10.8 Å². The van der Waals surface area contributed by atoms with Crippen LogP contribution in [0, 0.1) is 17.1 Å². The molecule has 1 aliphatic carbocycles. The third kappa shape index (κ3) is 6.96. The van der Waals surface area contributed by atoms with E-state index in [-0.39, 0.29) is 22.5 Å². The molecule has 0 spiro atoms. The average molecular weight is 898 g/mol. The summed E-state index contributed by atoms with van der Waals surface area (Å²) in [6, 6.07) is 66.7. The second-order valence-electron chi connectivity index (χ2n) is 20.1. The van der Waals surface area contributed by atoms with Gasteiger partial charge in [-0.1, -0.05) is 174 Å². The van der Waals surface area contributed by atoms with Gasteiger partial charge >= 0.3 is 0 Å². The highest BCUT2D eigenvalue weighted by atomic mass is 19.1. The maximum absolute atomic E-state index is 14.4. The fourth-order valence-electron chi connectivity index (χ4n) is 11.3. The van der Waals surface area contributed by atoms with Crippen molar-refractivity contribution in [3.05, 3.63) is 222 Å². The van der Waals surface area contributed by atoms with E-state index in [9.17, 15) is 4.39 Å². The number of halogens is 1. The molecule has 1 aliphatic rings. The molecule has 1 atom stereocenters. The van der Waals surface area contributed by atoms with Crippen LogP contribution in [0.3, 0.4) is 0 Å². The zero-order chi connectivity index (χ0) is 47.2. The topological polar surface area (TPSA) is 58.1 Å². The lowest BCUT2D eigenvalue weighted by atomic mass is 9.58. The SMILES string of the molecule is CC1CC(C)(C)c2cc(-c3ccc(-c4ccc(-n5c6ccccc6c6c7c8ccc9ccccc9c8n(NC(=NC(=N)c8ccccc8)c8ccc(F)cc8)c7ccc65)cc4)cc3)ccc2C1(C)C. The number of hydrogen-bond acceptors (Lipinski definition) is 1. The Kier molecular flexibility index (Phi) is 9.82. The first kappa shape index (κ1) is 42.3. The summed E-state index contributed by atoms with van der Waals surface area (Å²) >= 11 is 0. The lowest BCUT2D eigenvalue weighted by Crippen LogP contribution is -2.40. The molecule has 0 radical (unpaired) electrons. The Morgan fingerprint density at radius 1 is 0.565 bits per heavy atom. The predicted molar refractivity (Wildman–Crippen MR) is 288 cm³/mol. The fraction of sp³-hybridized carbons (Fsp3) is 0.143. The molecular formula is C63H52FN5. The molecule has 6 heteroatoms. The van der Waals surface area contributed by atoms with Crippen molar-refractivity contribution in [3.8, 4) is 27.9 Å². The molecule has 336 valence electrons. The second-order valence-corrected chi connectivity index (χ2v) is 20.1. The number of rotatable bonds is 6. The molecule has 12 rings (SSSR count). The minimum atomic E-state index is -0.342. The summed E-state index contributed by atoms with van der Waals surface area (Å²) in [6.45, 7) is 12.0. The standard InChI is InChI=1S/C63H52FN5/c1-39-38-62(2,3)53-37-46(28-34-52(53)63(39,4)5)42-21-19-40(20-22-42)41-25-31-48(32-26-41)68-54-18-12-11-17-50(54)57-55(68)35-36-56-58(57)51-33-27-43-13-9-10-16-49(43)59(51)69(56)67-61(45-23-29-47(64)30-24-45)66-60(65)44-14-7-6-8-15-44/h6-37,39H,38H2,1-5H3,(H2,65,66,67). The molecule has 1 unspecified atom stereocenters. The lowest BCUT2D eigenvalue weighted by Gasteiger charge is -2.46. The van der Waals surface area contributed by atoms with Crippen LogP contribution in [-0.4, -0.2) is 20.9 Å². The minimum Gasteiger partial charge on any atom is -0.309 e. The number of nitrogens with one attached hydrogen (secondary N) is 2. The maximum Gasteiger partial charge on any atom is 0.154 e. The normalized spacial score (nSPS) is 15.6. The van der Waals surface area contributed by atoms with E-state index in [1.807, 2.05) is 30.3 Å². The van der Waals surface area contributed by atoms with Crippen molar-refractivity contribution in [2.75, 3.05) is 5.43 Å². The molecule has 2 N–H and O–H groups in total. The van der Waals surface area contributed by atoms with Crippen LogP contribution < -0.4 is 5.43 Å². The number of amidine groups is 2. The van der Waals surface area contributed by atoms with E-state index in [1.165, 1.54) is 46.4 Å². The van der Waals surface area contributed by atoms with Crippen LogP contribution in [0.4, 0.5) is 4.39 Å². The predicted octanol–water partition coefficient (Wildman–Crippen LogP) is 16.1. The number of aliphatic imine (C=N–C) groups is 1. The van der Waals surface area contributed by atoms with Gasteiger partial charge in [0.15, 0.2) is 11.7 Å². The van der Waals surface area contributed by atoms with E-state index in [4.69, 9.17) is 10.4 Å². The van der Waals surface area contributed by atoms with Gasteiger partial charge < -0.3 is 4.57 Å². The summed E-state index contributed by atoms with van der Waals surface area (Å²) in [5.74, 6) is 0.800. The van der Waals surface area contributed by atoms with Crippen molar-refractivity contribution in [1.29, 1.82) is 5.41 Å². The van der Waals surface area contributed by atoms with Gasteiger partial charge in [0.05, 0.1) is 22.1 Å². The molecule has 0 aliphatic heterocycles. The largest absolute Gasteiger partial charge is 0.309 e. The second kappa shape index (κ2) is 16.0. The van der Waals surface area contributed by atoms with Gasteiger partial charge in [0.1, 0.15) is 5.82 Å². The average Bonchev–Trinajstić information content (AvgIpc) is 3.88. The van der Waals surface area contributed by atoms with Gasteiger partial charge in [-0.2, -0.15) is 0 Å². The minimum absolute atomic E-state index is 0.0925. The molecule has 5 nitrogen and oxygen atoms in total. The zero-order valence-electron chi connectivity index (χ0n) is 39.5. The van der Waals surface area contributed by atoms with Crippen LogP contribution in [0.25, 0.3) is 82.3 Å². The van der Waals surface area contributed by atoms with Gasteiger partial charge in [-0.15, -0.1) is 0 Å². The van der Waals surface area contributed by atoms with Crippen molar-refractivity contribution in [2.24, 2.45) is 10.9 Å². The van der Waals surface area contributed by atoms with Crippen molar-refractivity contribution in [2.45, 2.75) is 51.9 Å². The molecule has 69 heavy (non-hydrogen) atoms. The molecular weight excluding hydrogens is 846 g/mol. The van der Waals surface area contributed by atoms with Gasteiger partial charge in [0.2, 0.25) is 0 Å². The van der Waals surface area contributed by atoms with Gasteiger partial charge in [0.25, 0.3) is 0 Å². The molecule has 2 aromatic heterocycles. The molecule has 11 aromatic rings. The zero-order valence-corrected chi connectivity index (χ0v) is 39.5. The third-order valence-electron chi connectivity index (χ3n) is 15.2. The van der Waals surface area contributed by atoms with Crippen molar-refractivity contribution < 1.29 is 4.39 Å². The van der Waals surface area contributed by atoms with E-state index in [0.29, 0.717) is 22.9 Å². The smallest absolute Gasteiger partial charge is 0.154 e. The summed E-state index contributed by atoms with van der Waals surface area (Å²) in [4.78, 5) is 4.88. The van der Waals surface area contributed by atoms with E-state index in [0.717, 1.165) is 65.6 Å². The van der Waals surface area contributed by atoms with E-state index < -0.39 is 0 Å². The van der Waals surface area contributed by atoms with E-state index >= 15 is 0 Å². The molecule has 0 saturated heterocycles.